The Balaban J connectivity index is 1.86. The van der Waals surface area contributed by atoms with E-state index in [0.29, 0.717) is 29.9 Å². The molecule has 2 N–H and O–H groups in total. The summed E-state index contributed by atoms with van der Waals surface area (Å²) in [4.78, 5) is 19.6. The van der Waals surface area contributed by atoms with Crippen molar-refractivity contribution in [2.75, 3.05) is 12.4 Å². The van der Waals surface area contributed by atoms with E-state index in [1.165, 1.54) is 24.0 Å². The Morgan fingerprint density at radius 1 is 1.33 bits per heavy atom. The number of benzene rings is 1. The van der Waals surface area contributed by atoms with Crippen molar-refractivity contribution in [1.29, 1.82) is 0 Å². The Morgan fingerprint density at radius 3 is 2.93 bits per heavy atom. The second-order valence-corrected chi connectivity index (χ2v) is 7.85. The van der Waals surface area contributed by atoms with Gasteiger partial charge >= 0.3 is 6.09 Å². The predicted molar refractivity (Wildman–Crippen MR) is 109 cm³/mol. The summed E-state index contributed by atoms with van der Waals surface area (Å²) in [6.45, 7) is 2.02. The van der Waals surface area contributed by atoms with E-state index in [4.69, 9.17) is 9.84 Å². The molecular formula is C21H17F2N3O3S. The lowest BCUT2D eigenvalue weighted by atomic mass is 9.88. The monoisotopic (exact) mass is 429 g/mol. The molecule has 154 valence electrons. The summed E-state index contributed by atoms with van der Waals surface area (Å²) in [6.07, 6.45) is 2.40. The maximum Gasteiger partial charge on any atom is 0.410 e. The first kappa shape index (κ1) is 20.3. The fraction of sp³-hybridized carbons (Fsp3) is 0.286. The number of ether oxygens (including phenoxy) is 1. The van der Waals surface area contributed by atoms with E-state index in [1.54, 1.807) is 19.2 Å². The highest BCUT2D eigenvalue weighted by Crippen LogP contribution is 2.48. The molecule has 2 aliphatic heterocycles. The molecule has 0 spiro atoms. The standard InChI is InChI=1S/C21H17F2N3O3S/c1-2-3-12-6-13(10-24-9-12)15-7-16(18(23)8-17(15)22)21-14(4-5-29-21)11-30-19(26-21)25-20(27)28/h6-10,14H,4-5,11H2,1H3,(H,25,26)(H,27,28)/t14-,21+/m0/s1. The van der Waals surface area contributed by atoms with Gasteiger partial charge in [0.05, 0.1) is 6.61 Å². The minimum Gasteiger partial charge on any atom is -0.465 e. The fourth-order valence-electron chi connectivity index (χ4n) is 3.71. The van der Waals surface area contributed by atoms with Crippen LogP contribution in [0.3, 0.4) is 0 Å². The third-order valence-electron chi connectivity index (χ3n) is 5.01. The first-order valence-corrected chi connectivity index (χ1v) is 10.2. The number of hydrogen-bond acceptors (Lipinski definition) is 5. The number of aromatic nitrogens is 1. The second kappa shape index (κ2) is 8.05. The van der Waals surface area contributed by atoms with Crippen LogP contribution < -0.4 is 5.32 Å². The van der Waals surface area contributed by atoms with Gasteiger partial charge in [-0.05, 0) is 25.5 Å². The lowest BCUT2D eigenvalue weighted by Gasteiger charge is -2.35. The molecule has 3 heterocycles. The minimum absolute atomic E-state index is 0.0679. The highest BCUT2D eigenvalue weighted by molar-refractivity contribution is 8.13. The van der Waals surface area contributed by atoms with Gasteiger partial charge in [0.25, 0.3) is 0 Å². The van der Waals surface area contributed by atoms with Crippen molar-refractivity contribution in [3.05, 3.63) is 53.4 Å². The number of nitrogens with zero attached hydrogens (tertiary/aromatic N) is 2. The van der Waals surface area contributed by atoms with Gasteiger partial charge in [0.2, 0.25) is 0 Å². The van der Waals surface area contributed by atoms with Crippen molar-refractivity contribution in [3.8, 4) is 23.0 Å². The average Bonchev–Trinajstić information content (AvgIpc) is 3.12. The van der Waals surface area contributed by atoms with Gasteiger partial charge < -0.3 is 9.84 Å². The van der Waals surface area contributed by atoms with Gasteiger partial charge in [0, 0.05) is 52.4 Å². The number of rotatable bonds is 2. The number of fused-ring (bicyclic) bond motifs is 1. The van der Waals surface area contributed by atoms with Gasteiger partial charge in [-0.3, -0.25) is 10.3 Å². The average molecular weight is 429 g/mol. The summed E-state index contributed by atoms with van der Waals surface area (Å²) >= 11 is 1.23. The Bertz CT molecular complexity index is 1110. The first-order chi connectivity index (χ1) is 14.4. The fourth-order valence-corrected chi connectivity index (χ4v) is 4.82. The van der Waals surface area contributed by atoms with Crippen molar-refractivity contribution in [1.82, 2.24) is 10.3 Å². The van der Waals surface area contributed by atoms with E-state index in [9.17, 15) is 13.6 Å². The van der Waals surface area contributed by atoms with Gasteiger partial charge in [-0.2, -0.15) is 0 Å². The number of halogens is 2. The third-order valence-corrected chi connectivity index (χ3v) is 6.04. The smallest absolute Gasteiger partial charge is 0.410 e. The third kappa shape index (κ3) is 3.64. The highest BCUT2D eigenvalue weighted by Gasteiger charge is 2.50. The molecule has 0 unspecified atom stereocenters. The van der Waals surface area contributed by atoms with Crippen LogP contribution >= 0.6 is 11.8 Å². The number of aliphatic imine (C=N–C) groups is 1. The second-order valence-electron chi connectivity index (χ2n) is 6.84. The Labute approximate surface area is 175 Å². The van der Waals surface area contributed by atoms with Crippen molar-refractivity contribution < 1.29 is 23.4 Å². The lowest BCUT2D eigenvalue weighted by molar-refractivity contribution is -0.0173. The lowest BCUT2D eigenvalue weighted by Crippen LogP contribution is -2.41. The number of amidine groups is 1. The minimum atomic E-state index is -1.41. The first-order valence-electron chi connectivity index (χ1n) is 9.17. The van der Waals surface area contributed by atoms with Crippen LogP contribution in [0.5, 0.6) is 0 Å². The van der Waals surface area contributed by atoms with E-state index < -0.39 is 23.5 Å². The molecule has 0 radical (unpaired) electrons. The molecule has 6 nitrogen and oxygen atoms in total. The number of carboxylic acid groups (broad SMARTS) is 1. The van der Waals surface area contributed by atoms with Crippen LogP contribution in [0.15, 0.2) is 35.6 Å². The van der Waals surface area contributed by atoms with Crippen LogP contribution in [-0.4, -0.2) is 33.7 Å². The van der Waals surface area contributed by atoms with Crippen LogP contribution in [0.25, 0.3) is 11.1 Å². The molecule has 1 aromatic heterocycles. The molecular weight excluding hydrogens is 412 g/mol. The number of nitrogens with one attached hydrogen (secondary N) is 1. The van der Waals surface area contributed by atoms with Crippen LogP contribution in [0.1, 0.15) is 24.5 Å². The summed E-state index contributed by atoms with van der Waals surface area (Å²) < 4.78 is 35.6. The van der Waals surface area contributed by atoms with Gasteiger partial charge in [-0.15, -0.1) is 5.92 Å². The summed E-state index contributed by atoms with van der Waals surface area (Å²) in [5.74, 6) is 4.40. The van der Waals surface area contributed by atoms with Crippen LogP contribution in [0, 0.1) is 29.4 Å². The Hall–Kier alpha value is -2.96. The van der Waals surface area contributed by atoms with Gasteiger partial charge in [0.15, 0.2) is 10.9 Å². The number of carbonyl (C=O) groups is 1. The summed E-state index contributed by atoms with van der Waals surface area (Å²) in [7, 11) is 0. The molecule has 30 heavy (non-hydrogen) atoms. The van der Waals surface area contributed by atoms with E-state index >= 15 is 0 Å². The molecule has 1 aromatic carbocycles. The zero-order chi connectivity index (χ0) is 21.3. The molecule has 4 rings (SSSR count). The highest BCUT2D eigenvalue weighted by atomic mass is 32.2. The molecule has 1 saturated heterocycles. The van der Waals surface area contributed by atoms with Gasteiger partial charge in [-0.25, -0.2) is 18.6 Å². The summed E-state index contributed by atoms with van der Waals surface area (Å²) in [5, 5.41) is 11.4. The van der Waals surface area contributed by atoms with E-state index in [-0.39, 0.29) is 22.2 Å². The van der Waals surface area contributed by atoms with Crippen molar-refractivity contribution in [2.45, 2.75) is 19.1 Å². The Kier molecular flexibility index (Phi) is 5.45. The molecule has 1 amide bonds. The number of amides is 1. The molecule has 0 saturated carbocycles. The largest absolute Gasteiger partial charge is 0.465 e. The molecule has 2 aliphatic rings. The van der Waals surface area contributed by atoms with Crippen molar-refractivity contribution in [2.24, 2.45) is 10.9 Å². The zero-order valence-corrected chi connectivity index (χ0v) is 16.7. The van der Waals surface area contributed by atoms with Crippen molar-refractivity contribution in [3.63, 3.8) is 0 Å². The van der Waals surface area contributed by atoms with Gasteiger partial charge in [0.1, 0.15) is 11.6 Å². The Morgan fingerprint density at radius 2 is 2.17 bits per heavy atom. The molecule has 2 aromatic rings. The predicted octanol–water partition coefficient (Wildman–Crippen LogP) is 3.96. The van der Waals surface area contributed by atoms with Crippen LogP contribution in [-0.2, 0) is 10.5 Å². The normalized spacial score (nSPS) is 22.5. The maximum absolute atomic E-state index is 15.0. The maximum atomic E-state index is 15.0. The molecule has 0 bridgehead atoms. The van der Waals surface area contributed by atoms with Gasteiger partial charge in [-0.1, -0.05) is 17.7 Å². The number of thioether (sulfide) groups is 1. The van der Waals surface area contributed by atoms with Crippen molar-refractivity contribution >= 4 is 23.0 Å². The molecule has 2 atom stereocenters. The summed E-state index contributed by atoms with van der Waals surface area (Å²) in [5.41, 5.74) is -0.155. The number of hydrogen-bond donors (Lipinski definition) is 2. The quantitative estimate of drug-likeness (QED) is 0.706. The zero-order valence-electron chi connectivity index (χ0n) is 15.9. The molecule has 9 heteroatoms. The van der Waals surface area contributed by atoms with Crippen LogP contribution in [0.4, 0.5) is 13.6 Å². The van der Waals surface area contributed by atoms with E-state index in [0.717, 1.165) is 6.07 Å². The van der Waals surface area contributed by atoms with E-state index in [2.05, 4.69) is 27.1 Å². The summed E-state index contributed by atoms with van der Waals surface area (Å²) in [6, 6.07) is 3.85. The molecule has 1 fully saturated rings. The van der Waals surface area contributed by atoms with Crippen LogP contribution in [0.2, 0.25) is 0 Å². The number of pyridine rings is 1. The molecule has 0 aliphatic carbocycles. The SMILES string of the molecule is CC#Cc1cncc(-c2cc([C@@]34N=C(NC(=O)O)SC[C@@H]3CCO4)c(F)cc2F)c1. The topological polar surface area (TPSA) is 83.8 Å². The van der Waals surface area contributed by atoms with E-state index in [1.807, 2.05) is 0 Å².